The van der Waals surface area contributed by atoms with Crippen LogP contribution in [0.2, 0.25) is 5.02 Å². The van der Waals surface area contributed by atoms with Crippen molar-refractivity contribution in [3.63, 3.8) is 0 Å². The molecule has 1 aromatic rings. The second-order valence-electron chi connectivity index (χ2n) is 4.33. The zero-order chi connectivity index (χ0) is 13.8. The molecule has 1 amide bonds. The van der Waals surface area contributed by atoms with Crippen molar-refractivity contribution in [2.75, 3.05) is 11.9 Å². The molecule has 0 spiro atoms. The summed E-state index contributed by atoms with van der Waals surface area (Å²) >= 11 is 6.02. The average molecular weight is 283 g/mol. The van der Waals surface area contributed by atoms with Crippen LogP contribution in [0.3, 0.4) is 0 Å². The highest BCUT2D eigenvalue weighted by molar-refractivity contribution is 6.32. The van der Waals surface area contributed by atoms with E-state index in [0.717, 1.165) is 0 Å². The van der Waals surface area contributed by atoms with Crippen molar-refractivity contribution in [3.8, 4) is 0 Å². The van der Waals surface area contributed by atoms with E-state index in [2.05, 4.69) is 22.3 Å². The van der Waals surface area contributed by atoms with Crippen LogP contribution in [0.4, 0.5) is 5.69 Å². The van der Waals surface area contributed by atoms with Gasteiger partial charge >= 0.3 is 0 Å². The largest absolute Gasteiger partial charge is 0.378 e. The van der Waals surface area contributed by atoms with Crippen LogP contribution in [0.1, 0.15) is 12.8 Å². The lowest BCUT2D eigenvalue weighted by molar-refractivity contribution is -0.122. The van der Waals surface area contributed by atoms with E-state index >= 15 is 0 Å². The van der Waals surface area contributed by atoms with Crippen LogP contribution in [0.15, 0.2) is 23.6 Å². The lowest BCUT2D eigenvalue weighted by atomic mass is 10.1. The summed E-state index contributed by atoms with van der Waals surface area (Å²) in [5.41, 5.74) is 0.138. The molecule has 0 saturated carbocycles. The Bertz CT molecular complexity index is 545. The summed E-state index contributed by atoms with van der Waals surface area (Å²) in [6.07, 6.45) is 4.27. The number of hydrogen-bond donors (Lipinski definition) is 2. The number of rotatable bonds is 4. The highest BCUT2D eigenvalue weighted by Gasteiger charge is 2.19. The second kappa shape index (κ2) is 5.88. The summed E-state index contributed by atoms with van der Waals surface area (Å²) in [7, 11) is 0. The Morgan fingerprint density at radius 2 is 2.42 bits per heavy atom. The minimum Gasteiger partial charge on any atom is -0.378 e. The maximum Gasteiger partial charge on any atom is 0.287 e. The molecule has 1 aromatic heterocycles. The monoisotopic (exact) mass is 282 g/mol. The number of carbonyl (C=O) groups is 1. The Morgan fingerprint density at radius 1 is 1.63 bits per heavy atom. The highest BCUT2D eigenvalue weighted by atomic mass is 35.5. The van der Waals surface area contributed by atoms with Crippen LogP contribution in [0.25, 0.3) is 0 Å². The van der Waals surface area contributed by atoms with Crippen molar-refractivity contribution in [2.45, 2.75) is 25.4 Å². The van der Waals surface area contributed by atoms with Gasteiger partial charge in [0.1, 0.15) is 5.02 Å². The van der Waals surface area contributed by atoms with Crippen molar-refractivity contribution in [1.82, 2.24) is 15.1 Å². The quantitative estimate of drug-likeness (QED) is 0.800. The van der Waals surface area contributed by atoms with Gasteiger partial charge in [-0.2, -0.15) is 5.10 Å². The maximum absolute atomic E-state index is 11.9. The van der Waals surface area contributed by atoms with Gasteiger partial charge in [0, 0.05) is 19.0 Å². The first-order valence-electron chi connectivity index (χ1n) is 6.01. The number of nitrogens with one attached hydrogen (secondary N) is 2. The maximum atomic E-state index is 11.9. The molecule has 2 rings (SSSR count). The summed E-state index contributed by atoms with van der Waals surface area (Å²) in [6.45, 7) is 4.39. The molecule has 102 valence electrons. The third-order valence-electron chi connectivity index (χ3n) is 2.91. The van der Waals surface area contributed by atoms with E-state index < -0.39 is 0 Å². The molecule has 1 atom stereocenters. The first kappa shape index (κ1) is 13.6. The van der Waals surface area contributed by atoms with Crippen molar-refractivity contribution < 1.29 is 4.79 Å². The molecule has 0 aromatic carbocycles. The van der Waals surface area contributed by atoms with E-state index in [1.807, 2.05) is 0 Å². The molecule has 0 aliphatic carbocycles. The Kier molecular flexibility index (Phi) is 4.21. The van der Waals surface area contributed by atoms with Gasteiger partial charge in [-0.05, 0) is 6.42 Å². The van der Waals surface area contributed by atoms with Crippen LogP contribution in [-0.2, 0) is 11.3 Å². The standard InChI is InChI=1S/C12H15ClN4O2/c1-2-5-17-12(19)11(13)9(7-15-17)16-8-3-4-10(18)14-6-8/h2,7-8,16H,1,3-6H2,(H,14,18). The summed E-state index contributed by atoms with van der Waals surface area (Å²) in [5, 5.41) is 10.0. The van der Waals surface area contributed by atoms with Gasteiger partial charge in [-0.3, -0.25) is 9.59 Å². The van der Waals surface area contributed by atoms with Gasteiger partial charge in [-0.15, -0.1) is 6.58 Å². The summed E-state index contributed by atoms with van der Waals surface area (Å²) in [6, 6.07) is 0.0617. The van der Waals surface area contributed by atoms with Gasteiger partial charge in [-0.1, -0.05) is 17.7 Å². The number of hydrogen-bond acceptors (Lipinski definition) is 4. The topological polar surface area (TPSA) is 76.0 Å². The third kappa shape index (κ3) is 3.14. The lowest BCUT2D eigenvalue weighted by Gasteiger charge is -2.24. The van der Waals surface area contributed by atoms with E-state index in [-0.39, 0.29) is 22.5 Å². The zero-order valence-electron chi connectivity index (χ0n) is 10.4. The van der Waals surface area contributed by atoms with Crippen molar-refractivity contribution in [2.24, 2.45) is 0 Å². The molecule has 0 radical (unpaired) electrons. The van der Waals surface area contributed by atoms with Crippen LogP contribution in [-0.4, -0.2) is 28.3 Å². The molecule has 19 heavy (non-hydrogen) atoms. The SMILES string of the molecule is C=CCn1ncc(NC2CCC(=O)NC2)c(Cl)c1=O. The molecule has 1 unspecified atom stereocenters. The normalized spacial score (nSPS) is 18.8. The van der Waals surface area contributed by atoms with E-state index in [9.17, 15) is 9.59 Å². The van der Waals surface area contributed by atoms with Crippen LogP contribution in [0, 0.1) is 0 Å². The van der Waals surface area contributed by atoms with Crippen molar-refractivity contribution >= 4 is 23.2 Å². The van der Waals surface area contributed by atoms with Gasteiger partial charge in [0.2, 0.25) is 5.91 Å². The van der Waals surface area contributed by atoms with E-state index in [4.69, 9.17) is 11.6 Å². The van der Waals surface area contributed by atoms with Crippen molar-refractivity contribution in [1.29, 1.82) is 0 Å². The number of amides is 1. The van der Waals surface area contributed by atoms with Crippen LogP contribution < -0.4 is 16.2 Å². The molecular formula is C12H15ClN4O2. The van der Waals surface area contributed by atoms with E-state index in [0.29, 0.717) is 31.6 Å². The van der Waals surface area contributed by atoms with Crippen molar-refractivity contribution in [3.05, 3.63) is 34.2 Å². The number of nitrogens with zero attached hydrogens (tertiary/aromatic N) is 2. The Hall–Kier alpha value is -1.82. The number of piperidine rings is 1. The molecule has 2 heterocycles. The first-order chi connectivity index (χ1) is 9.11. The number of halogens is 1. The fourth-order valence-electron chi connectivity index (χ4n) is 1.89. The fourth-order valence-corrected chi connectivity index (χ4v) is 2.09. The fraction of sp³-hybridized carbons (Fsp3) is 0.417. The first-order valence-corrected chi connectivity index (χ1v) is 6.39. The Balaban J connectivity index is 2.13. The Morgan fingerprint density at radius 3 is 3.05 bits per heavy atom. The predicted octanol–water partition coefficient (Wildman–Crippen LogP) is 0.773. The highest BCUT2D eigenvalue weighted by Crippen LogP contribution is 2.18. The number of carbonyl (C=O) groups excluding carboxylic acids is 1. The van der Waals surface area contributed by atoms with E-state index in [1.165, 1.54) is 10.9 Å². The molecule has 1 saturated heterocycles. The summed E-state index contributed by atoms with van der Waals surface area (Å²) < 4.78 is 1.24. The number of aromatic nitrogens is 2. The molecule has 0 bridgehead atoms. The smallest absolute Gasteiger partial charge is 0.287 e. The minimum absolute atomic E-state index is 0.0451. The predicted molar refractivity (Wildman–Crippen MR) is 73.4 cm³/mol. The van der Waals surface area contributed by atoms with E-state index in [1.54, 1.807) is 6.08 Å². The zero-order valence-corrected chi connectivity index (χ0v) is 11.1. The van der Waals surface area contributed by atoms with Crippen LogP contribution >= 0.6 is 11.6 Å². The summed E-state index contributed by atoms with van der Waals surface area (Å²) in [5.74, 6) is 0.0451. The van der Waals surface area contributed by atoms with Gasteiger partial charge in [0.05, 0.1) is 18.4 Å². The molecule has 2 N–H and O–H groups in total. The molecule has 6 nitrogen and oxygen atoms in total. The van der Waals surface area contributed by atoms with Crippen LogP contribution in [0.5, 0.6) is 0 Å². The summed E-state index contributed by atoms with van der Waals surface area (Å²) in [4.78, 5) is 22.9. The van der Waals surface area contributed by atoms with Gasteiger partial charge in [0.25, 0.3) is 5.56 Å². The average Bonchev–Trinajstić information content (AvgIpc) is 2.41. The number of allylic oxidation sites excluding steroid dienone is 1. The molecule has 7 heteroatoms. The molecule has 1 aliphatic heterocycles. The molecule has 1 fully saturated rings. The Labute approximate surface area is 115 Å². The lowest BCUT2D eigenvalue weighted by Crippen LogP contribution is -2.42. The van der Waals surface area contributed by atoms with Gasteiger partial charge in [0.15, 0.2) is 0 Å². The second-order valence-corrected chi connectivity index (χ2v) is 4.71. The van der Waals surface area contributed by atoms with Gasteiger partial charge in [-0.25, -0.2) is 4.68 Å². The molecule has 1 aliphatic rings. The van der Waals surface area contributed by atoms with Gasteiger partial charge < -0.3 is 10.6 Å². The number of anilines is 1. The molecular weight excluding hydrogens is 268 g/mol. The third-order valence-corrected chi connectivity index (χ3v) is 3.28. The minimum atomic E-state index is -0.355.